The average molecular weight is 484 g/mol. The van der Waals surface area contributed by atoms with Crippen molar-refractivity contribution in [2.24, 2.45) is 0 Å². The number of amides is 1. The number of cyclic esters (lactones) is 1. The molecule has 172 valence electrons. The normalized spacial score (nSPS) is 18.5. The lowest BCUT2D eigenvalue weighted by molar-refractivity contribution is 0.125. The molecule has 1 saturated heterocycles. The first-order valence-corrected chi connectivity index (χ1v) is 12.0. The third-order valence-corrected chi connectivity index (χ3v) is 7.11. The Morgan fingerprint density at radius 3 is 2.58 bits per heavy atom. The van der Waals surface area contributed by atoms with Crippen molar-refractivity contribution in [3.8, 4) is 5.75 Å². The smallest absolute Gasteiger partial charge is 0.407 e. The van der Waals surface area contributed by atoms with E-state index in [2.05, 4.69) is 5.32 Å². The van der Waals surface area contributed by atoms with Crippen molar-refractivity contribution < 1.29 is 19.4 Å². The highest BCUT2D eigenvalue weighted by atomic mass is 35.5. The van der Waals surface area contributed by atoms with Crippen LogP contribution in [0.3, 0.4) is 0 Å². The van der Waals surface area contributed by atoms with Crippen molar-refractivity contribution in [1.82, 2.24) is 5.32 Å². The zero-order valence-electron chi connectivity index (χ0n) is 18.3. The average Bonchev–Trinajstić information content (AvgIpc) is 3.22. The molecular weight excluding hydrogens is 458 g/mol. The lowest BCUT2D eigenvalue weighted by Crippen LogP contribution is -2.52. The molecule has 0 radical (unpaired) electrons. The lowest BCUT2D eigenvalue weighted by atomic mass is 9.78. The van der Waals surface area contributed by atoms with Gasteiger partial charge in [-0.05, 0) is 47.9 Å². The molecule has 0 bridgehead atoms. The third kappa shape index (κ3) is 5.46. The first kappa shape index (κ1) is 23.5. The van der Waals surface area contributed by atoms with Gasteiger partial charge in [0, 0.05) is 20.7 Å². The Hall–Kier alpha value is -2.67. The summed E-state index contributed by atoms with van der Waals surface area (Å²) in [7, 11) is 0. The van der Waals surface area contributed by atoms with Crippen molar-refractivity contribution >= 4 is 29.5 Å². The summed E-state index contributed by atoms with van der Waals surface area (Å²) < 4.78 is 11.0. The summed E-state index contributed by atoms with van der Waals surface area (Å²) >= 11 is 8.27. The summed E-state index contributed by atoms with van der Waals surface area (Å²) in [6.07, 6.45) is 0.178. The Morgan fingerprint density at radius 2 is 1.91 bits per heavy atom. The maximum atomic E-state index is 11.7. The second-order valence-corrected chi connectivity index (χ2v) is 9.56. The molecule has 1 aliphatic rings. The number of hydrogen-bond donors (Lipinski definition) is 2. The monoisotopic (exact) mass is 483 g/mol. The van der Waals surface area contributed by atoms with Crippen LogP contribution in [0, 0.1) is 0 Å². The molecule has 2 atom stereocenters. The van der Waals surface area contributed by atoms with E-state index in [0.29, 0.717) is 18.1 Å². The van der Waals surface area contributed by atoms with Gasteiger partial charge < -0.3 is 19.9 Å². The minimum atomic E-state index is -0.867. The van der Waals surface area contributed by atoms with Crippen LogP contribution >= 0.6 is 23.4 Å². The molecule has 3 aromatic carbocycles. The van der Waals surface area contributed by atoms with Crippen LogP contribution in [0.2, 0.25) is 5.02 Å². The molecule has 0 aliphatic carbocycles. The number of hydrogen-bond acceptors (Lipinski definition) is 5. The van der Waals surface area contributed by atoms with Crippen LogP contribution in [0.15, 0.2) is 82.6 Å². The predicted molar refractivity (Wildman–Crippen MR) is 130 cm³/mol. The van der Waals surface area contributed by atoms with Crippen LogP contribution in [0.4, 0.5) is 4.79 Å². The Morgan fingerprint density at radius 1 is 1.12 bits per heavy atom. The van der Waals surface area contributed by atoms with Crippen LogP contribution in [-0.2, 0) is 11.3 Å². The molecule has 2 unspecified atom stereocenters. The van der Waals surface area contributed by atoms with Crippen LogP contribution in [0.5, 0.6) is 5.75 Å². The number of ether oxygens (including phenoxy) is 2. The number of aliphatic hydroxyl groups excluding tert-OH is 1. The number of aliphatic hydroxyl groups is 1. The number of halogens is 1. The topological polar surface area (TPSA) is 67.8 Å². The Labute approximate surface area is 203 Å². The standard InChI is InChI=1S/C26H26ClNO4S/c1-2-23(26(16-29)17-32-25(30)28-26)22-12-11-21(14-24(22)27)33-20-10-6-9-19(13-20)31-15-18-7-4-3-5-8-18/h3-14,23,29H,2,15-17H2,1H3,(H,28,30). The second-order valence-electron chi connectivity index (χ2n) is 8.01. The van der Waals surface area contributed by atoms with Crippen LogP contribution in [0.25, 0.3) is 0 Å². The van der Waals surface area contributed by atoms with Gasteiger partial charge in [0.1, 0.15) is 24.5 Å². The fraction of sp³-hybridized carbons (Fsp3) is 0.269. The molecule has 7 heteroatoms. The summed E-state index contributed by atoms with van der Waals surface area (Å²) in [6.45, 7) is 2.41. The van der Waals surface area contributed by atoms with E-state index < -0.39 is 11.6 Å². The van der Waals surface area contributed by atoms with Gasteiger partial charge in [-0.1, -0.05) is 72.8 Å². The fourth-order valence-electron chi connectivity index (χ4n) is 4.12. The highest BCUT2D eigenvalue weighted by Gasteiger charge is 2.46. The molecular formula is C26H26ClNO4S. The van der Waals surface area contributed by atoms with Gasteiger partial charge in [0.2, 0.25) is 0 Å². The quantitative estimate of drug-likeness (QED) is 0.388. The highest BCUT2D eigenvalue weighted by molar-refractivity contribution is 7.99. The zero-order chi connectivity index (χ0) is 23.3. The number of nitrogens with one attached hydrogen (secondary N) is 1. The van der Waals surface area contributed by atoms with Crippen LogP contribution in [0.1, 0.15) is 30.4 Å². The van der Waals surface area contributed by atoms with Gasteiger partial charge in [-0.25, -0.2) is 4.79 Å². The number of rotatable bonds is 9. The van der Waals surface area contributed by atoms with Crippen molar-refractivity contribution in [1.29, 1.82) is 0 Å². The van der Waals surface area contributed by atoms with E-state index in [4.69, 9.17) is 21.1 Å². The Balaban J connectivity index is 1.48. The molecule has 0 saturated carbocycles. The van der Waals surface area contributed by atoms with Gasteiger partial charge in [-0.15, -0.1) is 0 Å². The lowest BCUT2D eigenvalue weighted by Gasteiger charge is -2.34. The Kier molecular flexibility index (Phi) is 7.48. The van der Waals surface area contributed by atoms with Gasteiger partial charge in [-0.3, -0.25) is 0 Å². The van der Waals surface area contributed by atoms with E-state index in [9.17, 15) is 9.90 Å². The molecule has 3 aromatic rings. The van der Waals surface area contributed by atoms with Gasteiger partial charge in [0.05, 0.1) is 6.61 Å². The minimum absolute atomic E-state index is 0.115. The van der Waals surface area contributed by atoms with Gasteiger partial charge >= 0.3 is 6.09 Å². The van der Waals surface area contributed by atoms with Crippen molar-refractivity contribution in [3.05, 3.63) is 88.9 Å². The van der Waals surface area contributed by atoms with Gasteiger partial charge in [0.15, 0.2) is 0 Å². The molecule has 1 heterocycles. The van der Waals surface area contributed by atoms with Crippen molar-refractivity contribution in [3.63, 3.8) is 0 Å². The summed E-state index contributed by atoms with van der Waals surface area (Å²) in [5.74, 6) is 0.634. The highest BCUT2D eigenvalue weighted by Crippen LogP contribution is 2.40. The molecule has 4 rings (SSSR count). The van der Waals surface area contributed by atoms with Crippen LogP contribution in [-0.4, -0.2) is 30.0 Å². The van der Waals surface area contributed by atoms with Crippen molar-refractivity contribution in [2.45, 2.75) is 41.2 Å². The molecule has 1 fully saturated rings. The molecule has 5 nitrogen and oxygen atoms in total. The summed E-state index contributed by atoms with van der Waals surface area (Å²) in [5, 5.41) is 13.4. The molecule has 2 N–H and O–H groups in total. The minimum Gasteiger partial charge on any atom is -0.489 e. The van der Waals surface area contributed by atoms with E-state index in [1.165, 1.54) is 0 Å². The molecule has 1 aliphatic heterocycles. The molecule has 33 heavy (non-hydrogen) atoms. The zero-order valence-corrected chi connectivity index (χ0v) is 19.9. The summed E-state index contributed by atoms with van der Waals surface area (Å²) in [5.41, 5.74) is 1.13. The number of alkyl carbamates (subject to hydrolysis) is 1. The first-order chi connectivity index (χ1) is 16.0. The Bertz CT molecular complexity index is 1110. The van der Waals surface area contributed by atoms with E-state index in [1.54, 1.807) is 11.8 Å². The van der Waals surface area contributed by atoms with E-state index in [-0.39, 0.29) is 19.1 Å². The van der Waals surface area contributed by atoms with Crippen LogP contribution < -0.4 is 10.1 Å². The fourth-order valence-corrected chi connectivity index (χ4v) is 5.40. The van der Waals surface area contributed by atoms with E-state index >= 15 is 0 Å². The van der Waals surface area contributed by atoms with E-state index in [0.717, 1.165) is 26.7 Å². The second kappa shape index (κ2) is 10.5. The molecule has 0 aromatic heterocycles. The predicted octanol–water partition coefficient (Wildman–Crippen LogP) is 6.03. The van der Waals surface area contributed by atoms with Gasteiger partial charge in [0.25, 0.3) is 0 Å². The third-order valence-electron chi connectivity index (χ3n) is 5.81. The summed E-state index contributed by atoms with van der Waals surface area (Å²) in [4.78, 5) is 13.7. The van der Waals surface area contributed by atoms with Gasteiger partial charge in [-0.2, -0.15) is 0 Å². The summed E-state index contributed by atoms with van der Waals surface area (Å²) in [6, 6.07) is 23.9. The first-order valence-electron chi connectivity index (χ1n) is 10.8. The maximum absolute atomic E-state index is 11.7. The number of carbonyl (C=O) groups excluding carboxylic acids is 1. The molecule has 0 spiro atoms. The number of benzene rings is 3. The molecule has 1 amide bonds. The largest absolute Gasteiger partial charge is 0.489 e. The van der Waals surface area contributed by atoms with E-state index in [1.807, 2.05) is 79.7 Å². The number of carbonyl (C=O) groups is 1. The SMILES string of the molecule is CCC(c1ccc(Sc2cccc(OCc3ccccc3)c2)cc1Cl)C1(CO)COC(=O)N1. The maximum Gasteiger partial charge on any atom is 0.407 e. The van der Waals surface area contributed by atoms with Crippen molar-refractivity contribution in [2.75, 3.05) is 13.2 Å².